The minimum atomic E-state index is -0.819. The van der Waals surface area contributed by atoms with Gasteiger partial charge in [0.05, 0.1) is 6.61 Å². The van der Waals surface area contributed by atoms with Crippen molar-refractivity contribution >= 4 is 24.0 Å². The number of allylic oxidation sites excluding steroid dienone is 2. The van der Waals surface area contributed by atoms with Crippen LogP contribution in [0, 0.1) is 0 Å². The van der Waals surface area contributed by atoms with Crippen LogP contribution in [0.5, 0.6) is 0 Å². The Kier molecular flexibility index (Phi) is 13.0. The van der Waals surface area contributed by atoms with Gasteiger partial charge in [-0.15, -0.1) is 6.58 Å². The topological polar surface area (TPSA) is 55.8 Å². The van der Waals surface area contributed by atoms with E-state index in [1.807, 2.05) is 26.8 Å². The molecule has 0 saturated heterocycles. The quantitative estimate of drug-likeness (QED) is 0.192. The van der Waals surface area contributed by atoms with Crippen LogP contribution in [-0.4, -0.2) is 40.4 Å². The number of hydrogen-bond acceptors (Lipinski definition) is 5. The molecule has 0 bridgehead atoms. The van der Waals surface area contributed by atoms with Gasteiger partial charge in [0, 0.05) is 5.75 Å². The summed E-state index contributed by atoms with van der Waals surface area (Å²) in [6, 6.07) is -0.819. The third kappa shape index (κ3) is 11.2. The average molecular weight is 386 g/mol. The molecule has 0 fully saturated rings. The first-order valence-corrected chi connectivity index (χ1v) is 10.3. The molecule has 150 valence electrons. The van der Waals surface area contributed by atoms with Gasteiger partial charge in [-0.25, -0.2) is 13.9 Å². The van der Waals surface area contributed by atoms with Crippen molar-refractivity contribution in [3.05, 3.63) is 24.8 Å². The molecule has 0 aliphatic heterocycles. The van der Waals surface area contributed by atoms with Crippen molar-refractivity contribution in [2.24, 2.45) is 0 Å². The molecule has 0 aromatic heterocycles. The maximum atomic E-state index is 12.7. The minimum absolute atomic E-state index is 0.258. The van der Waals surface area contributed by atoms with Crippen molar-refractivity contribution in [1.82, 2.24) is 4.31 Å². The van der Waals surface area contributed by atoms with E-state index in [4.69, 9.17) is 9.47 Å². The lowest BCUT2D eigenvalue weighted by Gasteiger charge is -2.30. The molecule has 0 aromatic carbocycles. The normalized spacial score (nSPS) is 12.7. The molecule has 0 saturated carbocycles. The maximum Gasteiger partial charge on any atom is 0.421 e. The van der Waals surface area contributed by atoms with Gasteiger partial charge in [-0.05, 0) is 52.5 Å². The van der Waals surface area contributed by atoms with E-state index >= 15 is 0 Å². The zero-order valence-corrected chi connectivity index (χ0v) is 17.8. The second kappa shape index (κ2) is 13.7. The number of hydrogen-bond donors (Lipinski definition) is 0. The Labute approximate surface area is 163 Å². The van der Waals surface area contributed by atoms with Gasteiger partial charge < -0.3 is 9.47 Å². The second-order valence-corrected chi connectivity index (χ2v) is 7.91. The van der Waals surface area contributed by atoms with Gasteiger partial charge in [-0.1, -0.05) is 44.4 Å². The van der Waals surface area contributed by atoms with Crippen molar-refractivity contribution in [1.29, 1.82) is 0 Å². The predicted octanol–water partition coefficient (Wildman–Crippen LogP) is 5.52. The molecule has 0 aromatic rings. The Morgan fingerprint density at radius 1 is 1.19 bits per heavy atom. The van der Waals surface area contributed by atoms with E-state index in [1.54, 1.807) is 19.1 Å². The average Bonchev–Trinajstić information content (AvgIpc) is 2.54. The van der Waals surface area contributed by atoms with Gasteiger partial charge in [0.2, 0.25) is 0 Å². The van der Waals surface area contributed by atoms with Gasteiger partial charge in [0.1, 0.15) is 5.60 Å². The molecular formula is C20H35NO4S. The molecule has 0 radical (unpaired) electrons. The molecule has 0 aliphatic carbocycles. The highest BCUT2D eigenvalue weighted by Crippen LogP contribution is 2.23. The Morgan fingerprint density at radius 2 is 1.88 bits per heavy atom. The van der Waals surface area contributed by atoms with E-state index in [0.717, 1.165) is 31.4 Å². The maximum absolute atomic E-state index is 12.7. The van der Waals surface area contributed by atoms with Gasteiger partial charge in [0.15, 0.2) is 6.04 Å². The fourth-order valence-corrected chi connectivity index (χ4v) is 3.02. The van der Waals surface area contributed by atoms with Crippen molar-refractivity contribution in [2.75, 3.05) is 12.4 Å². The van der Waals surface area contributed by atoms with E-state index in [1.165, 1.54) is 16.3 Å². The summed E-state index contributed by atoms with van der Waals surface area (Å²) in [7, 11) is 0. The molecule has 0 aliphatic rings. The Bertz CT molecular complexity index is 457. The number of esters is 1. The molecule has 0 N–H and O–H groups in total. The number of carbonyl (C=O) groups excluding carboxylic acids is 2. The van der Waals surface area contributed by atoms with E-state index < -0.39 is 23.7 Å². The number of unbranched alkanes of at least 4 members (excludes halogenated alkanes) is 3. The van der Waals surface area contributed by atoms with Crippen LogP contribution in [0.2, 0.25) is 0 Å². The zero-order valence-electron chi connectivity index (χ0n) is 17.0. The van der Waals surface area contributed by atoms with Crippen molar-refractivity contribution < 1.29 is 19.1 Å². The minimum Gasteiger partial charge on any atom is -0.464 e. The number of ether oxygens (including phenoxy) is 2. The first-order chi connectivity index (χ1) is 12.3. The van der Waals surface area contributed by atoms with Crippen LogP contribution in [0.15, 0.2) is 24.8 Å². The van der Waals surface area contributed by atoms with Crippen molar-refractivity contribution in [2.45, 2.75) is 78.4 Å². The summed E-state index contributed by atoms with van der Waals surface area (Å²) in [5.41, 5.74) is -0.637. The van der Waals surface area contributed by atoms with Crippen LogP contribution in [0.3, 0.4) is 0 Å². The molecular weight excluding hydrogens is 350 g/mol. The summed E-state index contributed by atoms with van der Waals surface area (Å²) in [5.74, 6) is 0.282. The Morgan fingerprint density at radius 3 is 2.42 bits per heavy atom. The summed E-state index contributed by atoms with van der Waals surface area (Å²) in [5, 5.41) is 0. The van der Waals surface area contributed by atoms with Crippen LogP contribution >= 0.6 is 11.9 Å². The zero-order chi connectivity index (χ0) is 20.0. The summed E-state index contributed by atoms with van der Waals surface area (Å²) in [6.07, 6.45) is 9.69. The monoisotopic (exact) mass is 385 g/mol. The highest BCUT2D eigenvalue weighted by Gasteiger charge is 2.33. The van der Waals surface area contributed by atoms with Crippen molar-refractivity contribution in [3.63, 3.8) is 0 Å². The highest BCUT2D eigenvalue weighted by atomic mass is 32.2. The summed E-state index contributed by atoms with van der Waals surface area (Å²) >= 11 is 1.32. The van der Waals surface area contributed by atoms with Crippen LogP contribution in [0.1, 0.15) is 66.7 Å². The predicted molar refractivity (Wildman–Crippen MR) is 109 cm³/mol. The van der Waals surface area contributed by atoms with Crippen LogP contribution < -0.4 is 0 Å². The summed E-state index contributed by atoms with van der Waals surface area (Å²) in [4.78, 5) is 25.1. The molecule has 1 atom stereocenters. The van der Waals surface area contributed by atoms with E-state index in [-0.39, 0.29) is 6.61 Å². The fraction of sp³-hybridized carbons (Fsp3) is 0.700. The molecule has 0 rings (SSSR count). The largest absolute Gasteiger partial charge is 0.464 e. The molecule has 26 heavy (non-hydrogen) atoms. The van der Waals surface area contributed by atoms with Gasteiger partial charge in [0.25, 0.3) is 0 Å². The number of nitrogens with zero attached hydrogens (tertiary/aromatic N) is 1. The fourth-order valence-electron chi connectivity index (χ4n) is 2.03. The van der Waals surface area contributed by atoms with Crippen LogP contribution in [0.25, 0.3) is 0 Å². The molecule has 0 heterocycles. The van der Waals surface area contributed by atoms with Crippen LogP contribution in [-0.2, 0) is 14.3 Å². The second-order valence-electron chi connectivity index (χ2n) is 6.85. The highest BCUT2D eigenvalue weighted by molar-refractivity contribution is 7.97. The third-order valence-corrected chi connectivity index (χ3v) is 4.33. The van der Waals surface area contributed by atoms with Gasteiger partial charge >= 0.3 is 12.1 Å². The molecule has 6 heteroatoms. The number of rotatable bonds is 12. The number of amides is 1. The molecule has 0 spiro atoms. The summed E-state index contributed by atoms with van der Waals surface area (Å²) < 4.78 is 12.1. The van der Waals surface area contributed by atoms with Crippen molar-refractivity contribution in [3.8, 4) is 0 Å². The van der Waals surface area contributed by atoms with Gasteiger partial charge in [-0.3, -0.25) is 0 Å². The first-order valence-electron chi connectivity index (χ1n) is 9.36. The molecule has 5 nitrogen and oxygen atoms in total. The SMILES string of the molecule is C=CC/C=C/[C@@H](C(=O)OCC)N(SCCCCCC)C(=O)OC(C)(C)C. The lowest BCUT2D eigenvalue weighted by Crippen LogP contribution is -2.43. The summed E-state index contributed by atoms with van der Waals surface area (Å²) in [6.45, 7) is 13.2. The standard InChI is InChI=1S/C20H35NO4S/c1-7-10-12-14-16-26-21(19(23)25-20(4,5)6)17(15-13-11-8-2)18(22)24-9-3/h8,13,15,17H,2,7,9-12,14,16H2,1,3-6H3/b15-13+/t17-/m0/s1. The first kappa shape index (κ1) is 24.6. The Balaban J connectivity index is 5.29. The third-order valence-electron chi connectivity index (χ3n) is 3.20. The molecule has 0 unspecified atom stereocenters. The van der Waals surface area contributed by atoms with Crippen LogP contribution in [0.4, 0.5) is 4.79 Å². The van der Waals surface area contributed by atoms with E-state index in [9.17, 15) is 9.59 Å². The van der Waals surface area contributed by atoms with Gasteiger partial charge in [-0.2, -0.15) is 0 Å². The van der Waals surface area contributed by atoms with E-state index in [2.05, 4.69) is 13.5 Å². The lowest BCUT2D eigenvalue weighted by atomic mass is 10.2. The smallest absolute Gasteiger partial charge is 0.421 e. The Hall–Kier alpha value is -1.43. The van der Waals surface area contributed by atoms with E-state index in [0.29, 0.717) is 6.42 Å². The number of carbonyl (C=O) groups is 2. The molecule has 1 amide bonds. The lowest BCUT2D eigenvalue weighted by molar-refractivity contribution is -0.145.